The number of nitriles is 1. The molecule has 0 N–H and O–H groups in total. The van der Waals surface area contributed by atoms with Crippen LogP contribution in [-0.2, 0) is 51.1 Å². The number of rotatable bonds is 20. The molecule has 4 aromatic rings. The molecule has 0 unspecified atom stereocenters. The topological polar surface area (TPSA) is 144 Å². The average molecular weight is 871 g/mol. The number of benzene rings is 3. The quantitative estimate of drug-likeness (QED) is 0.0362. The van der Waals surface area contributed by atoms with Gasteiger partial charge in [0.05, 0.1) is 62.0 Å². The SMILES string of the molecule is C=CCOP(=O)(OCC=C)OCc1c(Cl)cccc1C(=O)O[C@@](Cn1cncn1)(c1ccc(F)cc1F)[C@@H](C)SC1COC(C=CC=Cc2ccc(C#N)cc2F)OC1. The van der Waals surface area contributed by atoms with Crippen molar-refractivity contribution >= 4 is 43.2 Å². The van der Waals surface area contributed by atoms with Crippen LogP contribution in [0, 0.1) is 28.8 Å². The lowest BCUT2D eigenvalue weighted by molar-refractivity contribution is -0.146. The summed E-state index contributed by atoms with van der Waals surface area (Å²) in [5.41, 5.74) is -1.61. The number of ether oxygens (including phenoxy) is 3. The maximum Gasteiger partial charge on any atom is 0.475 e. The number of esters is 1. The lowest BCUT2D eigenvalue weighted by Crippen LogP contribution is -2.47. The zero-order valence-corrected chi connectivity index (χ0v) is 34.1. The third kappa shape index (κ3) is 12.1. The van der Waals surface area contributed by atoms with Crippen LogP contribution in [-0.4, -0.2) is 64.0 Å². The molecule has 18 heteroatoms. The van der Waals surface area contributed by atoms with E-state index in [0.29, 0.717) is 11.6 Å². The summed E-state index contributed by atoms with van der Waals surface area (Å²) < 4.78 is 93.7. The summed E-state index contributed by atoms with van der Waals surface area (Å²) in [6.07, 6.45) is 11.0. The smallest absolute Gasteiger partial charge is 0.447 e. The van der Waals surface area contributed by atoms with Crippen LogP contribution in [0.3, 0.4) is 0 Å². The van der Waals surface area contributed by atoms with Crippen LogP contribution in [0.5, 0.6) is 0 Å². The van der Waals surface area contributed by atoms with Crippen molar-refractivity contribution < 1.29 is 50.3 Å². The first kappa shape index (κ1) is 45.3. The molecule has 0 saturated carbocycles. The largest absolute Gasteiger partial charge is 0.475 e. The summed E-state index contributed by atoms with van der Waals surface area (Å²) in [4.78, 5) is 18.4. The van der Waals surface area contributed by atoms with Crippen LogP contribution in [0.25, 0.3) is 6.08 Å². The van der Waals surface area contributed by atoms with E-state index in [-0.39, 0.29) is 65.5 Å². The number of allylic oxidation sites excluding steroid dienone is 2. The van der Waals surface area contributed by atoms with Crippen molar-refractivity contribution in [2.24, 2.45) is 0 Å². The van der Waals surface area contributed by atoms with Gasteiger partial charge < -0.3 is 14.2 Å². The molecule has 310 valence electrons. The van der Waals surface area contributed by atoms with Crippen LogP contribution >= 0.6 is 31.2 Å². The Labute approximate surface area is 348 Å². The van der Waals surface area contributed by atoms with Gasteiger partial charge in [-0.1, -0.05) is 54.1 Å². The average Bonchev–Trinajstić information content (AvgIpc) is 3.74. The van der Waals surface area contributed by atoms with Gasteiger partial charge in [0, 0.05) is 33.0 Å². The highest BCUT2D eigenvalue weighted by Crippen LogP contribution is 2.51. The standard InChI is InChI=1S/C41H39ClF3N4O8PS/c1-4-17-54-58(51,55-18-5-2)56-24-34-33(10-8-11-36(34)42)40(50)57-41(25-49-27-47-26-48-49,35-16-15-31(43)20-38(35)45)28(3)59-32-22-52-39(53-23-32)12-7-6-9-30-14-13-29(21-46)19-37(30)44/h4-16,19-20,26-28,32,39H,1-2,17-18,22-25H2,3H3/t28-,32?,39?,41-/m1/s1. The number of carbonyl (C=O) groups is 1. The summed E-state index contributed by atoms with van der Waals surface area (Å²) in [6.45, 7) is 7.96. The molecule has 0 radical (unpaired) electrons. The Morgan fingerprint density at radius 3 is 2.47 bits per heavy atom. The number of phosphoric acid groups is 1. The molecule has 3 aromatic carbocycles. The molecular weight excluding hydrogens is 832 g/mol. The van der Waals surface area contributed by atoms with E-state index in [9.17, 15) is 18.1 Å². The number of thioether (sulfide) groups is 1. The minimum absolute atomic E-state index is 0.0488. The molecule has 12 nitrogen and oxygen atoms in total. The van der Waals surface area contributed by atoms with Gasteiger partial charge in [-0.05, 0) is 49.4 Å². The maximum atomic E-state index is 16.0. The van der Waals surface area contributed by atoms with Crippen molar-refractivity contribution in [3.63, 3.8) is 0 Å². The summed E-state index contributed by atoms with van der Waals surface area (Å²) in [7, 11) is -4.21. The third-order valence-corrected chi connectivity index (χ3v) is 11.8. The Morgan fingerprint density at radius 1 is 1.08 bits per heavy atom. The fourth-order valence-electron chi connectivity index (χ4n) is 5.79. The molecule has 0 amide bonds. The molecule has 1 aliphatic heterocycles. The predicted molar refractivity (Wildman–Crippen MR) is 215 cm³/mol. The summed E-state index contributed by atoms with van der Waals surface area (Å²) in [6, 6.07) is 13.4. The number of phosphoric ester groups is 1. The van der Waals surface area contributed by atoms with Crippen molar-refractivity contribution in [3.8, 4) is 6.07 Å². The van der Waals surface area contributed by atoms with Gasteiger partial charge in [0.15, 0.2) is 11.9 Å². The van der Waals surface area contributed by atoms with Gasteiger partial charge in [-0.25, -0.2) is 32.2 Å². The second-order valence-corrected chi connectivity index (χ2v) is 16.4. The van der Waals surface area contributed by atoms with Gasteiger partial charge in [-0.3, -0.25) is 13.6 Å². The second-order valence-electron chi connectivity index (χ2n) is 12.7. The van der Waals surface area contributed by atoms with Crippen LogP contribution in [0.4, 0.5) is 13.2 Å². The molecule has 1 aromatic heterocycles. The molecule has 2 heterocycles. The lowest BCUT2D eigenvalue weighted by Gasteiger charge is -2.40. The van der Waals surface area contributed by atoms with Crippen molar-refractivity contribution in [3.05, 3.63) is 161 Å². The molecule has 59 heavy (non-hydrogen) atoms. The van der Waals surface area contributed by atoms with Crippen LogP contribution in [0.2, 0.25) is 5.02 Å². The highest BCUT2D eigenvalue weighted by atomic mass is 35.5. The van der Waals surface area contributed by atoms with E-state index in [0.717, 1.165) is 12.1 Å². The number of nitrogens with zero attached hydrogens (tertiary/aromatic N) is 4. The number of aromatic nitrogens is 3. The zero-order chi connectivity index (χ0) is 42.4. The van der Waals surface area contributed by atoms with Crippen LogP contribution < -0.4 is 0 Å². The highest BCUT2D eigenvalue weighted by molar-refractivity contribution is 8.00. The van der Waals surface area contributed by atoms with Gasteiger partial charge in [-0.15, -0.1) is 24.9 Å². The summed E-state index contributed by atoms with van der Waals surface area (Å²) in [5.74, 6) is -3.36. The van der Waals surface area contributed by atoms with Crippen molar-refractivity contribution in [2.45, 2.75) is 42.5 Å². The highest BCUT2D eigenvalue weighted by Gasteiger charge is 2.47. The minimum Gasteiger partial charge on any atom is -0.447 e. The van der Waals surface area contributed by atoms with E-state index in [2.05, 4.69) is 23.2 Å². The zero-order valence-electron chi connectivity index (χ0n) is 31.6. The minimum atomic E-state index is -4.21. The third-order valence-electron chi connectivity index (χ3n) is 8.66. The van der Waals surface area contributed by atoms with Gasteiger partial charge in [-0.2, -0.15) is 10.4 Å². The number of halogens is 4. The monoisotopic (exact) mass is 870 g/mol. The lowest BCUT2D eigenvalue weighted by atomic mass is 9.89. The van der Waals surface area contributed by atoms with Gasteiger partial charge >= 0.3 is 13.8 Å². The van der Waals surface area contributed by atoms with Crippen molar-refractivity contribution in [1.82, 2.24) is 14.8 Å². The Morgan fingerprint density at radius 2 is 1.83 bits per heavy atom. The fraction of sp³-hybridized carbons (Fsp3) is 0.268. The normalized spacial score (nSPS) is 17.4. The maximum absolute atomic E-state index is 16.0. The molecule has 0 spiro atoms. The second kappa shape index (κ2) is 21.4. The fourth-order valence-corrected chi connectivity index (χ4v) is 8.46. The van der Waals surface area contributed by atoms with E-state index in [4.69, 9.17) is 44.6 Å². The molecule has 1 fully saturated rings. The Bertz CT molecular complexity index is 2240. The van der Waals surface area contributed by atoms with E-state index >= 15 is 4.39 Å². The van der Waals surface area contributed by atoms with Gasteiger partial charge in [0.1, 0.15) is 30.1 Å². The molecule has 5 rings (SSSR count). The summed E-state index contributed by atoms with van der Waals surface area (Å²) in [5, 5.41) is 12.0. The molecule has 1 saturated heterocycles. The summed E-state index contributed by atoms with van der Waals surface area (Å²) >= 11 is 7.84. The molecular formula is C41H39ClF3N4O8PS. The van der Waals surface area contributed by atoms with Crippen molar-refractivity contribution in [1.29, 1.82) is 5.26 Å². The first-order valence-electron chi connectivity index (χ1n) is 17.9. The van der Waals surface area contributed by atoms with Gasteiger partial charge in [0.2, 0.25) is 0 Å². The van der Waals surface area contributed by atoms with E-state index < -0.39 is 55.0 Å². The Kier molecular flexibility index (Phi) is 16.4. The molecule has 0 aliphatic carbocycles. The number of hydrogen-bond donors (Lipinski definition) is 0. The van der Waals surface area contributed by atoms with Gasteiger partial charge in [0.25, 0.3) is 0 Å². The number of carbonyl (C=O) groups excluding carboxylic acids is 1. The Hall–Kier alpha value is -4.82. The van der Waals surface area contributed by atoms with Crippen LogP contribution in [0.1, 0.15) is 39.5 Å². The molecule has 2 atom stereocenters. The Balaban J connectivity index is 1.40. The predicted octanol–water partition coefficient (Wildman–Crippen LogP) is 9.14. The van der Waals surface area contributed by atoms with Crippen LogP contribution in [0.15, 0.2) is 111 Å². The van der Waals surface area contributed by atoms with Crippen molar-refractivity contribution in [2.75, 3.05) is 26.4 Å². The first-order valence-corrected chi connectivity index (χ1v) is 20.7. The number of hydrogen-bond acceptors (Lipinski definition) is 12. The van der Waals surface area contributed by atoms with E-state index in [1.165, 1.54) is 83.7 Å². The molecule has 1 aliphatic rings. The van der Waals surface area contributed by atoms with E-state index in [1.807, 2.05) is 6.07 Å². The molecule has 0 bridgehead atoms. The van der Waals surface area contributed by atoms with E-state index in [1.54, 1.807) is 25.2 Å². The first-order chi connectivity index (χ1) is 28.4.